The summed E-state index contributed by atoms with van der Waals surface area (Å²) in [7, 11) is 0. The minimum atomic E-state index is -0.00803. The van der Waals surface area contributed by atoms with Gasteiger partial charge in [-0.15, -0.1) is 0 Å². The van der Waals surface area contributed by atoms with E-state index in [-0.39, 0.29) is 11.9 Å². The summed E-state index contributed by atoms with van der Waals surface area (Å²) >= 11 is 0. The third-order valence-corrected chi connectivity index (χ3v) is 3.70. The zero-order chi connectivity index (χ0) is 16.9. The molecule has 0 saturated carbocycles. The molecule has 0 aliphatic carbocycles. The minimum Gasteiger partial charge on any atom is -0.404 e. The molecule has 1 aromatic carbocycles. The van der Waals surface area contributed by atoms with E-state index in [1.54, 1.807) is 12.4 Å². The van der Waals surface area contributed by atoms with Crippen molar-refractivity contribution in [2.75, 3.05) is 10.6 Å². The largest absolute Gasteiger partial charge is 0.404 e. The van der Waals surface area contributed by atoms with Gasteiger partial charge in [0.05, 0.1) is 11.4 Å². The van der Waals surface area contributed by atoms with Crippen LogP contribution in [0.15, 0.2) is 53.8 Å². The molecule has 0 radical (unpaired) electrons. The van der Waals surface area contributed by atoms with E-state index < -0.39 is 0 Å². The van der Waals surface area contributed by atoms with Gasteiger partial charge in [0, 0.05) is 42.2 Å². The molecule has 1 aromatic heterocycles. The van der Waals surface area contributed by atoms with Crippen LogP contribution in [0.2, 0.25) is 0 Å². The Morgan fingerprint density at radius 1 is 1.33 bits per heavy atom. The van der Waals surface area contributed by atoms with Crippen molar-refractivity contribution in [1.29, 1.82) is 0 Å². The van der Waals surface area contributed by atoms with Gasteiger partial charge in [0.2, 0.25) is 5.91 Å². The van der Waals surface area contributed by atoms with Gasteiger partial charge < -0.3 is 16.4 Å². The molecule has 1 amide bonds. The number of nitrogens with zero attached hydrogens (tertiary/aromatic N) is 2. The van der Waals surface area contributed by atoms with Crippen LogP contribution in [-0.2, 0) is 4.79 Å². The molecule has 0 spiro atoms. The SMILES string of the molecule is C[C@@H]1CC(=O)Nc2cccc(C(C=Nc3ccccn3)=CN)c2N1. The second-order valence-corrected chi connectivity index (χ2v) is 5.59. The number of carbonyl (C=O) groups excluding carboxylic acids is 1. The lowest BCUT2D eigenvalue weighted by Gasteiger charge is -2.16. The monoisotopic (exact) mass is 321 g/mol. The van der Waals surface area contributed by atoms with Gasteiger partial charge in [-0.25, -0.2) is 9.98 Å². The Morgan fingerprint density at radius 3 is 2.96 bits per heavy atom. The van der Waals surface area contributed by atoms with Crippen LogP contribution in [0.3, 0.4) is 0 Å². The Kier molecular flexibility index (Phi) is 4.56. The smallest absolute Gasteiger partial charge is 0.226 e. The molecule has 2 aromatic rings. The van der Waals surface area contributed by atoms with Crippen LogP contribution in [0.5, 0.6) is 0 Å². The van der Waals surface area contributed by atoms with Crippen molar-refractivity contribution in [3.63, 3.8) is 0 Å². The van der Waals surface area contributed by atoms with E-state index in [4.69, 9.17) is 5.73 Å². The second-order valence-electron chi connectivity index (χ2n) is 5.59. The Labute approximate surface area is 140 Å². The summed E-state index contributed by atoms with van der Waals surface area (Å²) in [6.45, 7) is 1.97. The lowest BCUT2D eigenvalue weighted by Crippen LogP contribution is -2.19. The van der Waals surface area contributed by atoms with Crippen molar-refractivity contribution in [3.8, 4) is 0 Å². The molecule has 2 heterocycles. The molecule has 0 bridgehead atoms. The van der Waals surface area contributed by atoms with Gasteiger partial charge in [0.1, 0.15) is 0 Å². The average Bonchev–Trinajstić information content (AvgIpc) is 2.73. The zero-order valence-corrected chi connectivity index (χ0v) is 13.4. The maximum Gasteiger partial charge on any atom is 0.226 e. The van der Waals surface area contributed by atoms with E-state index in [1.807, 2.05) is 43.3 Å². The standard InChI is InChI=1S/C18H19N5O/c1-12-9-17(24)23-15-6-4-5-14(18(15)22-12)13(10-19)11-21-16-7-2-3-8-20-16/h2-8,10-12,22H,9,19H2,1H3,(H,23,24)/t12-/m1/s1. The molecule has 6 nitrogen and oxygen atoms in total. The molecule has 24 heavy (non-hydrogen) atoms. The van der Waals surface area contributed by atoms with E-state index in [0.29, 0.717) is 12.2 Å². The molecule has 4 N–H and O–H groups in total. The lowest BCUT2D eigenvalue weighted by atomic mass is 10.0. The van der Waals surface area contributed by atoms with Crippen LogP contribution in [-0.4, -0.2) is 23.1 Å². The number of carbonyl (C=O) groups is 1. The summed E-state index contributed by atoms with van der Waals surface area (Å²) in [5.74, 6) is 0.597. The summed E-state index contributed by atoms with van der Waals surface area (Å²) in [5, 5.41) is 6.30. The van der Waals surface area contributed by atoms with Gasteiger partial charge in [-0.1, -0.05) is 18.2 Å². The van der Waals surface area contributed by atoms with Crippen molar-refractivity contribution in [2.45, 2.75) is 19.4 Å². The average molecular weight is 321 g/mol. The van der Waals surface area contributed by atoms with E-state index in [0.717, 1.165) is 22.5 Å². The van der Waals surface area contributed by atoms with Gasteiger partial charge >= 0.3 is 0 Å². The first-order valence-electron chi connectivity index (χ1n) is 7.74. The maximum atomic E-state index is 11.9. The van der Waals surface area contributed by atoms with Crippen LogP contribution < -0.4 is 16.4 Å². The molecule has 0 unspecified atom stereocenters. The fraction of sp³-hybridized carbons (Fsp3) is 0.167. The van der Waals surface area contributed by atoms with Crippen molar-refractivity contribution in [2.24, 2.45) is 10.7 Å². The van der Waals surface area contributed by atoms with Gasteiger partial charge in [0.25, 0.3) is 0 Å². The normalized spacial score (nSPS) is 17.8. The third-order valence-electron chi connectivity index (χ3n) is 3.70. The number of pyridine rings is 1. The molecule has 1 aliphatic heterocycles. The van der Waals surface area contributed by atoms with E-state index in [9.17, 15) is 4.79 Å². The van der Waals surface area contributed by atoms with Gasteiger partial charge in [0.15, 0.2) is 5.82 Å². The van der Waals surface area contributed by atoms with Crippen molar-refractivity contribution in [3.05, 3.63) is 54.4 Å². The number of hydrogen-bond donors (Lipinski definition) is 3. The first-order valence-corrected chi connectivity index (χ1v) is 7.74. The zero-order valence-electron chi connectivity index (χ0n) is 13.4. The van der Waals surface area contributed by atoms with E-state index in [2.05, 4.69) is 20.6 Å². The minimum absolute atomic E-state index is 0.00803. The number of aromatic nitrogens is 1. The third kappa shape index (κ3) is 3.43. The number of hydrogen-bond acceptors (Lipinski definition) is 5. The molecule has 0 saturated heterocycles. The molecule has 3 rings (SSSR count). The number of nitrogens with one attached hydrogen (secondary N) is 2. The highest BCUT2D eigenvalue weighted by molar-refractivity contribution is 6.14. The molecule has 1 atom stereocenters. The number of anilines is 2. The highest BCUT2D eigenvalue weighted by Crippen LogP contribution is 2.33. The topological polar surface area (TPSA) is 92.4 Å². The van der Waals surface area contributed by atoms with Crippen LogP contribution in [0.4, 0.5) is 17.2 Å². The summed E-state index contributed by atoms with van der Waals surface area (Å²) in [4.78, 5) is 20.4. The number of amides is 1. The number of allylic oxidation sites excluding steroid dienone is 1. The van der Waals surface area contributed by atoms with E-state index in [1.165, 1.54) is 6.20 Å². The fourth-order valence-electron chi connectivity index (χ4n) is 2.60. The molecular weight excluding hydrogens is 302 g/mol. The summed E-state index contributed by atoms with van der Waals surface area (Å²) in [5.41, 5.74) is 9.03. The van der Waals surface area contributed by atoms with Crippen LogP contribution in [0, 0.1) is 0 Å². The number of rotatable bonds is 3. The first kappa shape index (κ1) is 15.7. The van der Waals surface area contributed by atoms with E-state index >= 15 is 0 Å². The van der Waals surface area contributed by atoms with Crippen molar-refractivity contribution >= 4 is 34.9 Å². The summed E-state index contributed by atoms with van der Waals surface area (Å²) in [6.07, 6.45) is 5.28. The quantitative estimate of drug-likeness (QED) is 0.758. The fourth-order valence-corrected chi connectivity index (χ4v) is 2.60. The van der Waals surface area contributed by atoms with Crippen molar-refractivity contribution in [1.82, 2.24) is 4.98 Å². The Bertz CT molecular complexity index is 798. The Morgan fingerprint density at radius 2 is 2.21 bits per heavy atom. The number of aliphatic imine (C=N–C) groups is 1. The second kappa shape index (κ2) is 6.95. The highest BCUT2D eigenvalue weighted by atomic mass is 16.1. The van der Waals surface area contributed by atoms with Crippen molar-refractivity contribution < 1.29 is 4.79 Å². The van der Waals surface area contributed by atoms with Crippen LogP contribution in [0.1, 0.15) is 18.9 Å². The van der Waals surface area contributed by atoms with Gasteiger partial charge in [-0.3, -0.25) is 4.79 Å². The molecule has 0 fully saturated rings. The number of fused-ring (bicyclic) bond motifs is 1. The maximum absolute atomic E-state index is 11.9. The van der Waals surface area contributed by atoms with Gasteiger partial charge in [-0.05, 0) is 25.1 Å². The molecule has 6 heteroatoms. The number of nitrogens with two attached hydrogens (primary N) is 1. The molecule has 1 aliphatic rings. The predicted molar refractivity (Wildman–Crippen MR) is 97.3 cm³/mol. The Hall–Kier alpha value is -3.15. The lowest BCUT2D eigenvalue weighted by molar-refractivity contribution is -0.116. The summed E-state index contributed by atoms with van der Waals surface area (Å²) in [6, 6.07) is 11.2. The molecular formula is C18H19N5O. The highest BCUT2D eigenvalue weighted by Gasteiger charge is 2.20. The predicted octanol–water partition coefficient (Wildman–Crippen LogP) is 2.93. The van der Waals surface area contributed by atoms with Crippen LogP contribution >= 0.6 is 0 Å². The number of benzene rings is 1. The number of para-hydroxylation sites is 1. The van der Waals surface area contributed by atoms with Crippen LogP contribution in [0.25, 0.3) is 5.57 Å². The molecule has 122 valence electrons. The summed E-state index contributed by atoms with van der Waals surface area (Å²) < 4.78 is 0. The van der Waals surface area contributed by atoms with Gasteiger partial charge in [-0.2, -0.15) is 0 Å². The first-order chi connectivity index (χ1) is 11.7. The Balaban J connectivity index is 1.98.